The number of hydrogen-bond acceptors (Lipinski definition) is 4. The van der Waals surface area contributed by atoms with Crippen LogP contribution < -0.4 is 10.6 Å². The maximum atomic E-state index is 11.6. The molecule has 0 aliphatic rings. The van der Waals surface area contributed by atoms with Crippen LogP contribution >= 0.6 is 11.8 Å². The summed E-state index contributed by atoms with van der Waals surface area (Å²) in [6.07, 6.45) is 0. The topological polar surface area (TPSA) is 58.2 Å². The molecule has 0 aliphatic heterocycles. The number of carbonyl (C=O) groups excluding carboxylic acids is 2. The van der Waals surface area contributed by atoms with Crippen LogP contribution in [0.25, 0.3) is 0 Å². The van der Waals surface area contributed by atoms with Crippen LogP contribution in [0.2, 0.25) is 0 Å². The summed E-state index contributed by atoms with van der Waals surface area (Å²) in [6.45, 7) is 1.55. The van der Waals surface area contributed by atoms with Gasteiger partial charge in [0.05, 0.1) is 11.8 Å². The molecule has 0 fully saturated rings. The monoisotopic (exact) mass is 266 g/mol. The van der Waals surface area contributed by atoms with E-state index in [9.17, 15) is 9.59 Å². The molecule has 0 saturated heterocycles. The molecule has 0 bridgehead atoms. The summed E-state index contributed by atoms with van der Waals surface area (Å²) in [6, 6.07) is 9.14. The minimum absolute atomic E-state index is 0.0513. The summed E-state index contributed by atoms with van der Waals surface area (Å²) in [5.41, 5.74) is 0.792. The van der Waals surface area contributed by atoms with Crippen molar-refractivity contribution in [3.8, 4) is 0 Å². The Hall–Kier alpha value is -1.33. The van der Waals surface area contributed by atoms with E-state index >= 15 is 0 Å². The van der Waals surface area contributed by atoms with Crippen LogP contribution in [0, 0.1) is 0 Å². The van der Waals surface area contributed by atoms with E-state index in [0.717, 1.165) is 5.69 Å². The fourth-order valence-electron chi connectivity index (χ4n) is 1.39. The molecule has 1 aromatic rings. The zero-order valence-electron chi connectivity index (χ0n) is 10.6. The lowest BCUT2D eigenvalue weighted by Gasteiger charge is -2.11. The molecule has 1 aromatic carbocycles. The van der Waals surface area contributed by atoms with Gasteiger partial charge in [-0.2, -0.15) is 0 Å². The van der Waals surface area contributed by atoms with Crippen LogP contribution in [0.1, 0.15) is 6.92 Å². The van der Waals surface area contributed by atoms with Gasteiger partial charge in [0, 0.05) is 11.4 Å². The highest BCUT2D eigenvalue weighted by Crippen LogP contribution is 2.08. The van der Waals surface area contributed by atoms with E-state index in [1.165, 1.54) is 11.8 Å². The third-order valence-corrected chi connectivity index (χ3v) is 3.45. The van der Waals surface area contributed by atoms with Crippen molar-refractivity contribution in [3.05, 3.63) is 30.3 Å². The Bertz CT molecular complexity index is 395. The molecule has 1 amide bonds. The molecule has 0 aliphatic carbocycles. The van der Waals surface area contributed by atoms with Gasteiger partial charge in [0.25, 0.3) is 0 Å². The van der Waals surface area contributed by atoms with E-state index in [1.54, 1.807) is 14.0 Å². The molecule has 0 aromatic heterocycles. The molecule has 5 heteroatoms. The van der Waals surface area contributed by atoms with E-state index in [0.29, 0.717) is 11.5 Å². The molecule has 98 valence electrons. The van der Waals surface area contributed by atoms with Crippen LogP contribution in [0.15, 0.2) is 30.3 Å². The van der Waals surface area contributed by atoms with E-state index in [1.807, 2.05) is 30.3 Å². The molecule has 4 nitrogen and oxygen atoms in total. The van der Waals surface area contributed by atoms with Crippen molar-refractivity contribution in [2.45, 2.75) is 13.0 Å². The Morgan fingerprint density at radius 1 is 1.28 bits per heavy atom. The highest BCUT2D eigenvalue weighted by molar-refractivity contribution is 8.00. The molecule has 1 atom stereocenters. The SMILES string of the molecule is CNC(CSCC(=O)Nc1ccccc1)C(C)=O. The Kier molecular flexibility index (Phi) is 6.46. The maximum absolute atomic E-state index is 11.6. The fourth-order valence-corrected chi connectivity index (χ4v) is 2.40. The largest absolute Gasteiger partial charge is 0.325 e. The normalized spacial score (nSPS) is 11.9. The minimum atomic E-state index is -0.181. The quantitative estimate of drug-likeness (QED) is 0.786. The third kappa shape index (κ3) is 5.33. The van der Waals surface area contributed by atoms with E-state index in [-0.39, 0.29) is 17.7 Å². The number of benzene rings is 1. The van der Waals surface area contributed by atoms with Gasteiger partial charge in [-0.3, -0.25) is 9.59 Å². The molecule has 2 N–H and O–H groups in total. The number of para-hydroxylation sites is 1. The maximum Gasteiger partial charge on any atom is 0.234 e. The van der Waals surface area contributed by atoms with Gasteiger partial charge in [-0.25, -0.2) is 0 Å². The molecule has 0 saturated carbocycles. The average Bonchev–Trinajstić information content (AvgIpc) is 2.35. The van der Waals surface area contributed by atoms with Crippen molar-refractivity contribution in [2.24, 2.45) is 0 Å². The number of rotatable bonds is 7. The number of amides is 1. The number of Topliss-reactive ketones (excluding diaryl/α,β-unsaturated/α-hetero) is 1. The summed E-state index contributed by atoms with van der Waals surface area (Å²) in [4.78, 5) is 22.8. The number of hydrogen-bond donors (Lipinski definition) is 2. The first-order chi connectivity index (χ1) is 8.63. The first-order valence-electron chi connectivity index (χ1n) is 5.74. The zero-order chi connectivity index (χ0) is 13.4. The van der Waals surface area contributed by atoms with E-state index in [4.69, 9.17) is 0 Å². The van der Waals surface area contributed by atoms with Crippen molar-refractivity contribution in [1.82, 2.24) is 5.32 Å². The fraction of sp³-hybridized carbons (Fsp3) is 0.385. The highest BCUT2D eigenvalue weighted by Gasteiger charge is 2.12. The molecule has 1 rings (SSSR count). The zero-order valence-corrected chi connectivity index (χ0v) is 11.4. The standard InChI is InChI=1S/C13H18N2O2S/c1-10(16)12(14-2)8-18-9-13(17)15-11-6-4-3-5-7-11/h3-7,12,14H,8-9H2,1-2H3,(H,15,17). The van der Waals surface area contributed by atoms with E-state index in [2.05, 4.69) is 10.6 Å². The molecule has 1 unspecified atom stereocenters. The smallest absolute Gasteiger partial charge is 0.234 e. The van der Waals surface area contributed by atoms with Gasteiger partial charge in [-0.15, -0.1) is 11.8 Å². The molecular weight excluding hydrogens is 248 g/mol. The van der Waals surface area contributed by atoms with Crippen LogP contribution in [-0.2, 0) is 9.59 Å². The Morgan fingerprint density at radius 2 is 1.94 bits per heavy atom. The lowest BCUT2D eigenvalue weighted by molar-refractivity contribution is -0.118. The number of thioether (sulfide) groups is 1. The van der Waals surface area contributed by atoms with Crippen molar-refractivity contribution >= 4 is 29.1 Å². The van der Waals surface area contributed by atoms with Crippen LogP contribution in [0.4, 0.5) is 5.69 Å². The van der Waals surface area contributed by atoms with Gasteiger partial charge in [-0.1, -0.05) is 18.2 Å². The second-order valence-corrected chi connectivity index (χ2v) is 4.91. The first kappa shape index (κ1) is 14.7. The summed E-state index contributed by atoms with van der Waals surface area (Å²) < 4.78 is 0. The van der Waals surface area contributed by atoms with Gasteiger partial charge in [-0.05, 0) is 26.1 Å². The molecular formula is C13H18N2O2S. The van der Waals surface area contributed by atoms with Crippen molar-refractivity contribution < 1.29 is 9.59 Å². The second-order valence-electron chi connectivity index (χ2n) is 3.88. The highest BCUT2D eigenvalue weighted by atomic mass is 32.2. The predicted octanol–water partition coefficient (Wildman–Crippen LogP) is 1.54. The van der Waals surface area contributed by atoms with Crippen LogP contribution in [0.5, 0.6) is 0 Å². The summed E-state index contributed by atoms with van der Waals surface area (Å²) in [5, 5.41) is 5.72. The third-order valence-electron chi connectivity index (χ3n) is 2.41. The van der Waals surface area contributed by atoms with Gasteiger partial charge in [0.1, 0.15) is 5.78 Å². The van der Waals surface area contributed by atoms with Crippen molar-refractivity contribution in [1.29, 1.82) is 0 Å². The Morgan fingerprint density at radius 3 is 2.50 bits per heavy atom. The number of likely N-dealkylation sites (N-methyl/N-ethyl adjacent to an activating group) is 1. The number of anilines is 1. The van der Waals surface area contributed by atoms with Crippen LogP contribution in [0.3, 0.4) is 0 Å². The molecule has 0 heterocycles. The predicted molar refractivity (Wildman–Crippen MR) is 75.9 cm³/mol. The first-order valence-corrected chi connectivity index (χ1v) is 6.89. The number of ketones is 1. The average molecular weight is 266 g/mol. The lowest BCUT2D eigenvalue weighted by atomic mass is 10.2. The van der Waals surface area contributed by atoms with Crippen molar-refractivity contribution in [2.75, 3.05) is 23.9 Å². The van der Waals surface area contributed by atoms with Gasteiger partial charge in [0.15, 0.2) is 0 Å². The Labute approximate surface area is 112 Å². The van der Waals surface area contributed by atoms with Gasteiger partial charge < -0.3 is 10.6 Å². The molecule has 0 radical (unpaired) electrons. The Balaban J connectivity index is 2.27. The summed E-state index contributed by atoms with van der Waals surface area (Å²) in [7, 11) is 1.75. The molecule has 0 spiro atoms. The van der Waals surface area contributed by atoms with E-state index < -0.39 is 0 Å². The summed E-state index contributed by atoms with van der Waals surface area (Å²) >= 11 is 1.45. The number of carbonyl (C=O) groups is 2. The van der Waals surface area contributed by atoms with Gasteiger partial charge in [0.2, 0.25) is 5.91 Å². The minimum Gasteiger partial charge on any atom is -0.325 e. The van der Waals surface area contributed by atoms with Crippen LogP contribution in [-0.4, -0.2) is 36.3 Å². The summed E-state index contributed by atoms with van der Waals surface area (Å²) in [5.74, 6) is 0.993. The van der Waals surface area contributed by atoms with Gasteiger partial charge >= 0.3 is 0 Å². The number of nitrogens with one attached hydrogen (secondary N) is 2. The lowest BCUT2D eigenvalue weighted by Crippen LogP contribution is -2.35. The molecule has 18 heavy (non-hydrogen) atoms. The van der Waals surface area contributed by atoms with Crippen molar-refractivity contribution in [3.63, 3.8) is 0 Å². The second kappa shape index (κ2) is 7.89.